The molecule has 2 atom stereocenters. The molecule has 1 aromatic rings. The number of methoxy groups -OCH3 is 1. The van der Waals surface area contributed by atoms with Crippen LogP contribution in [0.1, 0.15) is 31.0 Å². The summed E-state index contributed by atoms with van der Waals surface area (Å²) in [6, 6.07) is 1.61. The number of anilines is 1. The first-order valence-corrected chi connectivity index (χ1v) is 7.33. The van der Waals surface area contributed by atoms with Crippen LogP contribution in [-0.2, 0) is 6.42 Å². The normalized spacial score (nSPS) is 24.8. The maximum absolute atomic E-state index is 5.26. The fourth-order valence-corrected chi connectivity index (χ4v) is 3.26. The van der Waals surface area contributed by atoms with E-state index in [-0.39, 0.29) is 0 Å². The van der Waals surface area contributed by atoms with E-state index in [0.29, 0.717) is 18.1 Å². The number of hydrogen-bond acceptors (Lipinski definition) is 5. The zero-order chi connectivity index (χ0) is 14.1. The molecule has 2 aliphatic heterocycles. The minimum Gasteiger partial charge on any atom is -0.467 e. The van der Waals surface area contributed by atoms with E-state index in [4.69, 9.17) is 4.74 Å². The van der Waals surface area contributed by atoms with Crippen LogP contribution in [0.15, 0.2) is 6.58 Å². The Morgan fingerprint density at radius 1 is 1.35 bits per heavy atom. The van der Waals surface area contributed by atoms with Crippen LogP contribution in [0, 0.1) is 0 Å². The smallest absolute Gasteiger partial charge is 0.318 e. The summed E-state index contributed by atoms with van der Waals surface area (Å²) in [4.78, 5) is 11.4. The molecule has 0 spiro atoms. The fraction of sp³-hybridized carbons (Fsp3) is 0.600. The number of aryl methyl sites for hydroxylation is 1. The van der Waals surface area contributed by atoms with E-state index in [1.807, 2.05) is 6.08 Å². The molecule has 3 rings (SSSR count). The predicted molar refractivity (Wildman–Crippen MR) is 80.2 cm³/mol. The van der Waals surface area contributed by atoms with Crippen LogP contribution in [0.25, 0.3) is 6.08 Å². The monoisotopic (exact) mass is 274 g/mol. The number of fused-ring (bicyclic) bond motifs is 2. The van der Waals surface area contributed by atoms with Gasteiger partial charge in [0.25, 0.3) is 0 Å². The third kappa shape index (κ3) is 2.26. The largest absolute Gasteiger partial charge is 0.467 e. The summed E-state index contributed by atoms with van der Waals surface area (Å²) in [6.45, 7) is 8.04. The predicted octanol–water partition coefficient (Wildman–Crippen LogP) is 1.63. The lowest BCUT2D eigenvalue weighted by Gasteiger charge is -2.34. The van der Waals surface area contributed by atoms with E-state index in [0.717, 1.165) is 36.6 Å². The van der Waals surface area contributed by atoms with Crippen LogP contribution in [0.4, 0.5) is 5.82 Å². The third-order valence-electron chi connectivity index (χ3n) is 4.22. The van der Waals surface area contributed by atoms with Gasteiger partial charge in [0.2, 0.25) is 0 Å². The summed E-state index contributed by atoms with van der Waals surface area (Å²) in [5, 5.41) is 3.64. The van der Waals surface area contributed by atoms with Gasteiger partial charge in [-0.1, -0.05) is 19.6 Å². The lowest BCUT2D eigenvalue weighted by Crippen LogP contribution is -2.51. The van der Waals surface area contributed by atoms with Gasteiger partial charge >= 0.3 is 6.01 Å². The van der Waals surface area contributed by atoms with Gasteiger partial charge < -0.3 is 15.0 Å². The maximum atomic E-state index is 5.26. The first-order chi connectivity index (χ1) is 9.75. The van der Waals surface area contributed by atoms with E-state index in [1.165, 1.54) is 12.8 Å². The molecule has 0 radical (unpaired) electrons. The summed E-state index contributed by atoms with van der Waals surface area (Å²) < 4.78 is 5.26. The highest BCUT2D eigenvalue weighted by atomic mass is 16.5. The van der Waals surface area contributed by atoms with Gasteiger partial charge in [-0.05, 0) is 19.3 Å². The van der Waals surface area contributed by atoms with Gasteiger partial charge in [-0.3, -0.25) is 0 Å². The molecule has 0 saturated carbocycles. The SMILES string of the molecule is C=Cc1c(CC)nc(OC)nc1N1CC2CCC(C1)N2. The van der Waals surface area contributed by atoms with E-state index in [2.05, 4.69) is 33.7 Å². The van der Waals surface area contributed by atoms with Crippen molar-refractivity contribution in [1.82, 2.24) is 15.3 Å². The van der Waals surface area contributed by atoms with Gasteiger partial charge in [-0.2, -0.15) is 9.97 Å². The van der Waals surface area contributed by atoms with Crippen molar-refractivity contribution in [2.24, 2.45) is 0 Å². The van der Waals surface area contributed by atoms with Crippen LogP contribution in [0.2, 0.25) is 0 Å². The second-order valence-electron chi connectivity index (χ2n) is 5.49. The van der Waals surface area contributed by atoms with Gasteiger partial charge in [0.15, 0.2) is 0 Å². The molecule has 0 aromatic carbocycles. The Labute approximate surface area is 120 Å². The van der Waals surface area contributed by atoms with Crippen LogP contribution in [0.3, 0.4) is 0 Å². The van der Waals surface area contributed by atoms with Gasteiger partial charge in [-0.15, -0.1) is 0 Å². The Balaban J connectivity index is 2.00. The lowest BCUT2D eigenvalue weighted by atomic mass is 10.1. The van der Waals surface area contributed by atoms with Gasteiger partial charge in [0.1, 0.15) is 5.82 Å². The molecule has 2 saturated heterocycles. The highest BCUT2D eigenvalue weighted by Gasteiger charge is 2.33. The zero-order valence-corrected chi connectivity index (χ0v) is 12.2. The van der Waals surface area contributed by atoms with Crippen molar-refractivity contribution in [2.75, 3.05) is 25.1 Å². The molecular formula is C15H22N4O. The highest BCUT2D eigenvalue weighted by Crippen LogP contribution is 2.29. The van der Waals surface area contributed by atoms with Gasteiger partial charge in [0.05, 0.1) is 12.8 Å². The van der Waals surface area contributed by atoms with Crippen molar-refractivity contribution >= 4 is 11.9 Å². The molecule has 0 aliphatic carbocycles. The Hall–Kier alpha value is -1.62. The van der Waals surface area contributed by atoms with Crippen molar-refractivity contribution in [2.45, 2.75) is 38.3 Å². The number of hydrogen-bond donors (Lipinski definition) is 1. The average molecular weight is 274 g/mol. The first-order valence-electron chi connectivity index (χ1n) is 7.33. The van der Waals surface area contributed by atoms with Crippen molar-refractivity contribution in [3.63, 3.8) is 0 Å². The standard InChI is InChI=1S/C15H22N4O/c1-4-12-13(5-2)17-15(20-3)18-14(12)19-8-10-6-7-11(9-19)16-10/h4,10-11,16H,1,5-9H2,2-3H3. The molecule has 3 heterocycles. The quantitative estimate of drug-likeness (QED) is 0.904. The number of piperazine rings is 1. The molecule has 2 fully saturated rings. The van der Waals surface area contributed by atoms with Crippen molar-refractivity contribution in [1.29, 1.82) is 0 Å². The van der Waals surface area contributed by atoms with Crippen LogP contribution >= 0.6 is 0 Å². The molecule has 20 heavy (non-hydrogen) atoms. The molecule has 5 nitrogen and oxygen atoms in total. The summed E-state index contributed by atoms with van der Waals surface area (Å²) in [5.74, 6) is 0.974. The van der Waals surface area contributed by atoms with Gasteiger partial charge in [-0.25, -0.2) is 0 Å². The molecule has 2 aliphatic rings. The Morgan fingerprint density at radius 2 is 2.05 bits per heavy atom. The number of nitrogens with one attached hydrogen (secondary N) is 1. The minimum atomic E-state index is 0.452. The number of ether oxygens (including phenoxy) is 1. The van der Waals surface area contributed by atoms with Crippen molar-refractivity contribution in [3.8, 4) is 6.01 Å². The molecule has 2 bridgehead atoms. The number of nitrogens with zero attached hydrogens (tertiary/aromatic N) is 3. The summed E-state index contributed by atoms with van der Waals surface area (Å²) >= 11 is 0. The lowest BCUT2D eigenvalue weighted by molar-refractivity contribution is 0.376. The fourth-order valence-electron chi connectivity index (χ4n) is 3.26. The van der Waals surface area contributed by atoms with E-state index < -0.39 is 0 Å². The van der Waals surface area contributed by atoms with Crippen molar-refractivity contribution in [3.05, 3.63) is 17.8 Å². The van der Waals surface area contributed by atoms with Crippen LogP contribution in [-0.4, -0.2) is 42.3 Å². The third-order valence-corrected chi connectivity index (χ3v) is 4.22. The number of rotatable bonds is 4. The second-order valence-corrected chi connectivity index (χ2v) is 5.49. The minimum absolute atomic E-state index is 0.452. The molecule has 0 amide bonds. The van der Waals surface area contributed by atoms with Gasteiger partial charge in [0, 0.05) is 30.7 Å². The van der Waals surface area contributed by atoms with E-state index >= 15 is 0 Å². The summed E-state index contributed by atoms with van der Waals surface area (Å²) in [7, 11) is 1.62. The number of aromatic nitrogens is 2. The molecule has 1 N–H and O–H groups in total. The van der Waals surface area contributed by atoms with E-state index in [9.17, 15) is 0 Å². The second kappa shape index (κ2) is 5.40. The molecule has 108 valence electrons. The van der Waals surface area contributed by atoms with Crippen LogP contribution in [0.5, 0.6) is 6.01 Å². The maximum Gasteiger partial charge on any atom is 0.318 e. The Kier molecular flexibility index (Phi) is 3.61. The first kappa shape index (κ1) is 13.4. The molecule has 5 heteroatoms. The topological polar surface area (TPSA) is 50.3 Å². The highest BCUT2D eigenvalue weighted by molar-refractivity contribution is 5.66. The Morgan fingerprint density at radius 3 is 2.60 bits per heavy atom. The van der Waals surface area contributed by atoms with E-state index in [1.54, 1.807) is 7.11 Å². The molecule has 2 unspecified atom stereocenters. The average Bonchev–Trinajstić information content (AvgIpc) is 2.83. The summed E-state index contributed by atoms with van der Waals surface area (Å²) in [6.07, 6.45) is 5.24. The Bertz CT molecular complexity index is 505. The van der Waals surface area contributed by atoms with Crippen molar-refractivity contribution < 1.29 is 4.74 Å². The van der Waals surface area contributed by atoms with Crippen LogP contribution < -0.4 is 15.0 Å². The molecule has 1 aromatic heterocycles. The zero-order valence-electron chi connectivity index (χ0n) is 12.2. The summed E-state index contributed by atoms with van der Waals surface area (Å²) in [5.41, 5.74) is 2.06. The molecular weight excluding hydrogens is 252 g/mol.